The van der Waals surface area contributed by atoms with E-state index in [1.165, 1.54) is 0 Å². The molecule has 5 nitrogen and oxygen atoms in total. The summed E-state index contributed by atoms with van der Waals surface area (Å²) in [6, 6.07) is 11.3. The Bertz CT molecular complexity index is 716. The van der Waals surface area contributed by atoms with Gasteiger partial charge < -0.3 is 9.88 Å². The van der Waals surface area contributed by atoms with Crippen LogP contribution in [0.25, 0.3) is 11.8 Å². The van der Waals surface area contributed by atoms with E-state index in [1.54, 1.807) is 6.08 Å². The molecule has 1 aliphatic heterocycles. The van der Waals surface area contributed by atoms with Crippen LogP contribution in [0.1, 0.15) is 5.69 Å². The zero-order valence-corrected chi connectivity index (χ0v) is 12.4. The van der Waals surface area contributed by atoms with Crippen molar-refractivity contribution in [1.82, 2.24) is 15.2 Å². The van der Waals surface area contributed by atoms with Crippen LogP contribution in [-0.4, -0.2) is 16.5 Å². The summed E-state index contributed by atoms with van der Waals surface area (Å²) in [4.78, 5) is 22.6. The van der Waals surface area contributed by atoms with Crippen LogP contribution in [0.4, 0.5) is 4.79 Å². The molecule has 0 unspecified atom stereocenters. The summed E-state index contributed by atoms with van der Waals surface area (Å²) in [5.74, 6) is -0.412. The highest BCUT2D eigenvalue weighted by atomic mass is 127. The van der Waals surface area contributed by atoms with Crippen molar-refractivity contribution in [3.63, 3.8) is 0 Å². The van der Waals surface area contributed by atoms with Crippen molar-refractivity contribution in [3.8, 4) is 5.69 Å². The number of carbonyl (C=O) groups excluding carboxylic acids is 2. The van der Waals surface area contributed by atoms with Crippen molar-refractivity contribution in [3.05, 3.63) is 57.6 Å². The van der Waals surface area contributed by atoms with Crippen LogP contribution in [0.3, 0.4) is 0 Å². The van der Waals surface area contributed by atoms with E-state index in [4.69, 9.17) is 0 Å². The van der Waals surface area contributed by atoms with E-state index in [0.717, 1.165) is 15.0 Å². The van der Waals surface area contributed by atoms with Crippen LogP contribution < -0.4 is 10.6 Å². The Morgan fingerprint density at radius 3 is 2.45 bits per heavy atom. The van der Waals surface area contributed by atoms with E-state index >= 15 is 0 Å². The number of imide groups is 1. The topological polar surface area (TPSA) is 63.1 Å². The normalized spacial score (nSPS) is 16.4. The molecule has 1 fully saturated rings. The first-order chi connectivity index (χ1) is 9.63. The lowest BCUT2D eigenvalue weighted by molar-refractivity contribution is -0.115. The maximum Gasteiger partial charge on any atom is 0.326 e. The molecule has 2 N–H and O–H groups in total. The first-order valence-electron chi connectivity index (χ1n) is 5.91. The fourth-order valence-corrected chi connectivity index (χ4v) is 2.34. The molecule has 0 saturated carbocycles. The number of benzene rings is 1. The average Bonchev–Trinajstić information content (AvgIpc) is 2.98. The van der Waals surface area contributed by atoms with Gasteiger partial charge in [0.15, 0.2) is 0 Å². The molecule has 0 radical (unpaired) electrons. The molecular formula is C14H10IN3O2. The van der Waals surface area contributed by atoms with Gasteiger partial charge in [-0.1, -0.05) is 0 Å². The third-order valence-corrected chi connectivity index (χ3v) is 3.62. The summed E-state index contributed by atoms with van der Waals surface area (Å²) in [6.07, 6.45) is 3.56. The highest BCUT2D eigenvalue weighted by molar-refractivity contribution is 14.1. The smallest absolute Gasteiger partial charge is 0.317 e. The molecular weight excluding hydrogens is 369 g/mol. The van der Waals surface area contributed by atoms with Gasteiger partial charge in [0.1, 0.15) is 5.70 Å². The van der Waals surface area contributed by atoms with Gasteiger partial charge in [-0.3, -0.25) is 10.1 Å². The van der Waals surface area contributed by atoms with Crippen molar-refractivity contribution in [2.75, 3.05) is 0 Å². The lowest BCUT2D eigenvalue weighted by Crippen LogP contribution is -2.22. The number of hydrogen-bond donors (Lipinski definition) is 2. The first-order valence-corrected chi connectivity index (χ1v) is 6.99. The SMILES string of the molecule is O=C1NC(=O)C(=Cc2cccn2-c2ccc(I)cc2)N1. The van der Waals surface area contributed by atoms with Gasteiger partial charge in [0.2, 0.25) is 0 Å². The van der Waals surface area contributed by atoms with Crippen molar-refractivity contribution >= 4 is 40.6 Å². The number of urea groups is 1. The largest absolute Gasteiger partial charge is 0.326 e. The van der Waals surface area contributed by atoms with Crippen molar-refractivity contribution in [1.29, 1.82) is 0 Å². The lowest BCUT2D eigenvalue weighted by atomic mass is 10.3. The second-order valence-corrected chi connectivity index (χ2v) is 5.49. The van der Waals surface area contributed by atoms with Gasteiger partial charge in [0.25, 0.3) is 5.91 Å². The predicted octanol–water partition coefficient (Wildman–Crippen LogP) is 2.26. The molecule has 6 heteroatoms. The summed E-state index contributed by atoms with van der Waals surface area (Å²) in [5.41, 5.74) is 2.06. The number of halogens is 1. The molecule has 0 atom stereocenters. The first kappa shape index (κ1) is 12.9. The van der Waals surface area contributed by atoms with Crippen LogP contribution >= 0.6 is 22.6 Å². The summed E-state index contributed by atoms with van der Waals surface area (Å²) in [6.45, 7) is 0. The minimum atomic E-state index is -0.492. The zero-order valence-electron chi connectivity index (χ0n) is 10.3. The molecule has 0 aliphatic carbocycles. The number of aromatic nitrogens is 1. The molecule has 1 aromatic heterocycles. The van der Waals surface area contributed by atoms with Gasteiger partial charge in [-0.2, -0.15) is 0 Å². The van der Waals surface area contributed by atoms with Crippen LogP contribution in [0, 0.1) is 3.57 Å². The van der Waals surface area contributed by atoms with E-state index in [2.05, 4.69) is 33.2 Å². The average molecular weight is 379 g/mol. The highest BCUT2D eigenvalue weighted by Crippen LogP contribution is 2.17. The fourth-order valence-electron chi connectivity index (χ4n) is 1.98. The van der Waals surface area contributed by atoms with Crippen LogP contribution in [-0.2, 0) is 4.79 Å². The van der Waals surface area contributed by atoms with Crippen molar-refractivity contribution in [2.45, 2.75) is 0 Å². The van der Waals surface area contributed by atoms with Crippen LogP contribution in [0.15, 0.2) is 48.3 Å². The third kappa shape index (κ3) is 2.46. The second kappa shape index (κ2) is 5.12. The van der Waals surface area contributed by atoms with Gasteiger partial charge in [-0.15, -0.1) is 0 Å². The summed E-state index contributed by atoms with van der Waals surface area (Å²) in [7, 11) is 0. The van der Waals surface area contributed by atoms with E-state index in [1.807, 2.05) is 47.2 Å². The molecule has 3 amide bonds. The van der Waals surface area contributed by atoms with Crippen molar-refractivity contribution in [2.24, 2.45) is 0 Å². The predicted molar refractivity (Wildman–Crippen MR) is 83.1 cm³/mol. The number of nitrogens with zero attached hydrogens (tertiary/aromatic N) is 1. The molecule has 3 rings (SSSR count). The Balaban J connectivity index is 1.99. The maximum absolute atomic E-state index is 11.5. The summed E-state index contributed by atoms with van der Waals surface area (Å²) < 4.78 is 3.10. The Morgan fingerprint density at radius 2 is 1.80 bits per heavy atom. The number of hydrogen-bond acceptors (Lipinski definition) is 2. The summed E-state index contributed by atoms with van der Waals surface area (Å²) in [5, 5.41) is 4.66. The van der Waals surface area contributed by atoms with Gasteiger partial charge in [0.05, 0.1) is 0 Å². The number of rotatable bonds is 2. The molecule has 1 saturated heterocycles. The Morgan fingerprint density at radius 1 is 1.05 bits per heavy atom. The number of nitrogens with one attached hydrogen (secondary N) is 2. The van der Waals surface area contributed by atoms with E-state index in [0.29, 0.717) is 0 Å². The van der Waals surface area contributed by atoms with Gasteiger partial charge in [-0.05, 0) is 65.1 Å². The van der Waals surface area contributed by atoms with Gasteiger partial charge in [0, 0.05) is 21.1 Å². The number of carbonyl (C=O) groups is 2. The Labute approximate surface area is 128 Å². The third-order valence-electron chi connectivity index (χ3n) is 2.90. The molecule has 2 heterocycles. The van der Waals surface area contributed by atoms with Crippen LogP contribution in [0.5, 0.6) is 0 Å². The van der Waals surface area contributed by atoms with E-state index in [9.17, 15) is 9.59 Å². The second-order valence-electron chi connectivity index (χ2n) is 4.25. The van der Waals surface area contributed by atoms with Gasteiger partial charge in [-0.25, -0.2) is 4.79 Å². The maximum atomic E-state index is 11.5. The van der Waals surface area contributed by atoms with Gasteiger partial charge >= 0.3 is 6.03 Å². The Hall–Kier alpha value is -2.09. The van der Waals surface area contributed by atoms with E-state index < -0.39 is 11.9 Å². The Kier molecular flexibility index (Phi) is 3.31. The standard InChI is InChI=1S/C14H10IN3O2/c15-9-3-5-10(6-4-9)18-7-1-2-11(18)8-12-13(19)17-14(20)16-12/h1-8H,(H2,16,17,19,20). The molecule has 2 aromatic rings. The minimum Gasteiger partial charge on any atom is -0.317 e. The van der Waals surface area contributed by atoms with E-state index in [-0.39, 0.29) is 5.70 Å². The number of amides is 3. The minimum absolute atomic E-state index is 0.250. The van der Waals surface area contributed by atoms with Crippen molar-refractivity contribution < 1.29 is 9.59 Å². The molecule has 20 heavy (non-hydrogen) atoms. The fraction of sp³-hybridized carbons (Fsp3) is 0. The highest BCUT2D eigenvalue weighted by Gasteiger charge is 2.23. The molecule has 0 spiro atoms. The molecule has 1 aromatic carbocycles. The quantitative estimate of drug-likeness (QED) is 0.478. The monoisotopic (exact) mass is 379 g/mol. The summed E-state index contributed by atoms with van der Waals surface area (Å²) >= 11 is 2.25. The molecule has 0 bridgehead atoms. The zero-order chi connectivity index (χ0) is 14.1. The molecule has 100 valence electrons. The van der Waals surface area contributed by atoms with Crippen LogP contribution in [0.2, 0.25) is 0 Å². The lowest BCUT2D eigenvalue weighted by Gasteiger charge is -2.07. The molecule has 1 aliphatic rings.